The third-order valence-electron chi connectivity index (χ3n) is 2.84. The van der Waals surface area contributed by atoms with Crippen LogP contribution in [0.25, 0.3) is 6.08 Å². The summed E-state index contributed by atoms with van der Waals surface area (Å²) in [5.74, 6) is 0. The lowest BCUT2D eigenvalue weighted by molar-refractivity contribution is 0.244. The molecule has 1 aromatic carbocycles. The molecule has 20 heavy (non-hydrogen) atoms. The fourth-order valence-electron chi connectivity index (χ4n) is 1.72. The van der Waals surface area contributed by atoms with Crippen LogP contribution in [-0.2, 0) is 6.54 Å². The minimum atomic E-state index is -0.237. The summed E-state index contributed by atoms with van der Waals surface area (Å²) in [7, 11) is 0. The second-order valence-corrected chi connectivity index (χ2v) is 4.38. The van der Waals surface area contributed by atoms with Gasteiger partial charge in [-0.05, 0) is 35.8 Å². The van der Waals surface area contributed by atoms with E-state index in [1.165, 1.54) is 5.56 Å². The van der Waals surface area contributed by atoms with E-state index < -0.39 is 0 Å². The lowest BCUT2D eigenvalue weighted by Gasteiger charge is -2.04. The Morgan fingerprint density at radius 2 is 2.10 bits per heavy atom. The number of amides is 2. The zero-order valence-electron chi connectivity index (χ0n) is 11.3. The third kappa shape index (κ3) is 4.24. The van der Waals surface area contributed by atoms with Crippen molar-refractivity contribution in [1.82, 2.24) is 15.6 Å². The molecule has 0 saturated carbocycles. The molecule has 2 N–H and O–H groups in total. The summed E-state index contributed by atoms with van der Waals surface area (Å²) >= 11 is 0. The highest BCUT2D eigenvalue weighted by Gasteiger charge is 1.97. The highest BCUT2D eigenvalue weighted by molar-refractivity contribution is 5.75. The van der Waals surface area contributed by atoms with Gasteiger partial charge in [0.1, 0.15) is 0 Å². The Hall–Kier alpha value is -2.62. The van der Waals surface area contributed by atoms with E-state index in [0.29, 0.717) is 6.54 Å². The molecule has 102 valence electrons. The van der Waals surface area contributed by atoms with Crippen molar-refractivity contribution in [3.05, 3.63) is 71.7 Å². The van der Waals surface area contributed by atoms with E-state index >= 15 is 0 Å². The predicted molar refractivity (Wildman–Crippen MR) is 79.8 cm³/mol. The Morgan fingerprint density at radius 1 is 1.25 bits per heavy atom. The zero-order valence-corrected chi connectivity index (χ0v) is 11.3. The van der Waals surface area contributed by atoms with Gasteiger partial charge in [0.2, 0.25) is 0 Å². The predicted octanol–water partition coefficient (Wildman–Crippen LogP) is 2.86. The van der Waals surface area contributed by atoms with Gasteiger partial charge in [-0.1, -0.05) is 30.3 Å². The van der Waals surface area contributed by atoms with Crippen molar-refractivity contribution in [2.45, 2.75) is 13.5 Å². The van der Waals surface area contributed by atoms with Crippen LogP contribution in [0.3, 0.4) is 0 Å². The van der Waals surface area contributed by atoms with Gasteiger partial charge in [0.25, 0.3) is 0 Å². The molecule has 4 heteroatoms. The molecule has 0 aliphatic carbocycles. The maximum atomic E-state index is 11.6. The number of rotatable bonds is 4. The van der Waals surface area contributed by atoms with Crippen LogP contribution in [-0.4, -0.2) is 11.0 Å². The molecule has 0 saturated heterocycles. The monoisotopic (exact) mass is 267 g/mol. The molecule has 0 unspecified atom stereocenters. The maximum absolute atomic E-state index is 11.6. The van der Waals surface area contributed by atoms with Crippen LogP contribution in [0.5, 0.6) is 0 Å². The van der Waals surface area contributed by atoms with Crippen molar-refractivity contribution in [2.24, 2.45) is 0 Å². The van der Waals surface area contributed by atoms with Crippen LogP contribution in [0.4, 0.5) is 4.79 Å². The van der Waals surface area contributed by atoms with Crippen molar-refractivity contribution in [2.75, 3.05) is 0 Å². The van der Waals surface area contributed by atoms with E-state index in [2.05, 4.69) is 15.6 Å². The molecule has 1 aromatic heterocycles. The average Bonchev–Trinajstić information content (AvgIpc) is 2.48. The molecule has 0 radical (unpaired) electrons. The summed E-state index contributed by atoms with van der Waals surface area (Å²) in [4.78, 5) is 15.6. The van der Waals surface area contributed by atoms with E-state index in [-0.39, 0.29) is 6.03 Å². The van der Waals surface area contributed by atoms with Gasteiger partial charge in [0, 0.05) is 25.1 Å². The van der Waals surface area contributed by atoms with Crippen LogP contribution in [0, 0.1) is 6.92 Å². The maximum Gasteiger partial charge on any atom is 0.319 e. The summed E-state index contributed by atoms with van der Waals surface area (Å²) in [6, 6.07) is 11.5. The quantitative estimate of drug-likeness (QED) is 0.895. The second-order valence-electron chi connectivity index (χ2n) is 4.38. The Balaban J connectivity index is 1.79. The standard InChI is InChI=1S/C16H17N3O/c1-13-5-2-3-7-15(13)8-10-18-16(20)19-12-14-6-4-9-17-11-14/h2-11H,12H2,1H3,(H2,18,19,20)/b10-8+. The van der Waals surface area contributed by atoms with Crippen LogP contribution in [0.2, 0.25) is 0 Å². The lowest BCUT2D eigenvalue weighted by Crippen LogP contribution is -2.31. The molecule has 0 spiro atoms. The summed E-state index contributed by atoms with van der Waals surface area (Å²) in [5, 5.41) is 5.44. The van der Waals surface area contributed by atoms with Gasteiger partial charge in [-0.15, -0.1) is 0 Å². The van der Waals surface area contributed by atoms with E-state index in [1.807, 2.05) is 49.4 Å². The normalized spacial score (nSPS) is 10.4. The van der Waals surface area contributed by atoms with Crippen molar-refractivity contribution in [3.8, 4) is 0 Å². The number of urea groups is 1. The SMILES string of the molecule is Cc1ccccc1/C=C/NC(=O)NCc1cccnc1. The van der Waals surface area contributed by atoms with Crippen LogP contribution in [0.1, 0.15) is 16.7 Å². The first-order chi connectivity index (χ1) is 9.75. The lowest BCUT2D eigenvalue weighted by atomic mass is 10.1. The fraction of sp³-hybridized carbons (Fsp3) is 0.125. The summed E-state index contributed by atoms with van der Waals surface area (Å²) in [5.41, 5.74) is 3.21. The largest absolute Gasteiger partial charge is 0.334 e. The van der Waals surface area contributed by atoms with Crippen LogP contribution < -0.4 is 10.6 Å². The minimum absolute atomic E-state index is 0.237. The first kappa shape index (κ1) is 13.8. The fourth-order valence-corrected chi connectivity index (χ4v) is 1.72. The summed E-state index contributed by atoms with van der Waals surface area (Å²) < 4.78 is 0. The minimum Gasteiger partial charge on any atom is -0.334 e. The molecular formula is C16H17N3O. The van der Waals surface area contributed by atoms with Gasteiger partial charge < -0.3 is 10.6 Å². The number of nitrogens with one attached hydrogen (secondary N) is 2. The molecule has 2 aromatic rings. The second kappa shape index (κ2) is 7.09. The highest BCUT2D eigenvalue weighted by Crippen LogP contribution is 2.07. The summed E-state index contributed by atoms with van der Waals surface area (Å²) in [6.07, 6.45) is 6.94. The number of benzene rings is 1. The van der Waals surface area contributed by atoms with Gasteiger partial charge in [0.05, 0.1) is 0 Å². The van der Waals surface area contributed by atoms with E-state index in [0.717, 1.165) is 11.1 Å². The zero-order chi connectivity index (χ0) is 14.2. The molecule has 0 aliphatic rings. The smallest absolute Gasteiger partial charge is 0.319 e. The number of nitrogens with zero attached hydrogens (tertiary/aromatic N) is 1. The van der Waals surface area contributed by atoms with Crippen LogP contribution >= 0.6 is 0 Å². The number of aromatic nitrogens is 1. The van der Waals surface area contributed by atoms with Gasteiger partial charge >= 0.3 is 6.03 Å². The number of pyridine rings is 1. The number of hydrogen-bond acceptors (Lipinski definition) is 2. The molecule has 2 amide bonds. The van der Waals surface area contributed by atoms with Crippen molar-refractivity contribution in [1.29, 1.82) is 0 Å². The Labute approximate surface area is 118 Å². The Morgan fingerprint density at radius 3 is 2.85 bits per heavy atom. The van der Waals surface area contributed by atoms with Gasteiger partial charge in [-0.25, -0.2) is 4.79 Å². The molecule has 0 aliphatic heterocycles. The number of carbonyl (C=O) groups excluding carboxylic acids is 1. The molecule has 4 nitrogen and oxygen atoms in total. The van der Waals surface area contributed by atoms with E-state index in [1.54, 1.807) is 18.6 Å². The molecule has 0 bridgehead atoms. The van der Waals surface area contributed by atoms with Crippen LogP contribution in [0.15, 0.2) is 55.0 Å². The Kier molecular flexibility index (Phi) is 4.89. The number of hydrogen-bond donors (Lipinski definition) is 2. The van der Waals surface area contributed by atoms with Gasteiger partial charge in [0.15, 0.2) is 0 Å². The van der Waals surface area contributed by atoms with Gasteiger partial charge in [-0.2, -0.15) is 0 Å². The molecule has 2 rings (SSSR count). The van der Waals surface area contributed by atoms with E-state index in [4.69, 9.17) is 0 Å². The Bertz CT molecular complexity index is 594. The van der Waals surface area contributed by atoms with Gasteiger partial charge in [-0.3, -0.25) is 4.98 Å². The molecule has 0 atom stereocenters. The molecule has 0 fully saturated rings. The van der Waals surface area contributed by atoms with Crippen molar-refractivity contribution >= 4 is 12.1 Å². The molecular weight excluding hydrogens is 250 g/mol. The average molecular weight is 267 g/mol. The number of aryl methyl sites for hydroxylation is 1. The summed E-state index contributed by atoms with van der Waals surface area (Å²) in [6.45, 7) is 2.49. The number of carbonyl (C=O) groups is 1. The van der Waals surface area contributed by atoms with E-state index in [9.17, 15) is 4.79 Å². The third-order valence-corrected chi connectivity index (χ3v) is 2.84. The molecule has 1 heterocycles. The highest BCUT2D eigenvalue weighted by atomic mass is 16.2. The van der Waals surface area contributed by atoms with Crippen molar-refractivity contribution in [3.63, 3.8) is 0 Å². The first-order valence-corrected chi connectivity index (χ1v) is 6.41. The first-order valence-electron chi connectivity index (χ1n) is 6.41. The topological polar surface area (TPSA) is 54.0 Å². The van der Waals surface area contributed by atoms with Crippen molar-refractivity contribution < 1.29 is 4.79 Å².